The van der Waals surface area contributed by atoms with E-state index in [1.54, 1.807) is 12.1 Å². The van der Waals surface area contributed by atoms with Crippen LogP contribution in [0.3, 0.4) is 0 Å². The van der Waals surface area contributed by atoms with Crippen molar-refractivity contribution in [2.75, 3.05) is 12.4 Å². The lowest BCUT2D eigenvalue weighted by Gasteiger charge is -2.39. The van der Waals surface area contributed by atoms with Crippen LogP contribution in [0, 0.1) is 0 Å². The van der Waals surface area contributed by atoms with E-state index in [1.165, 1.54) is 7.11 Å². The molecule has 7 heteroatoms. The molecule has 0 spiro atoms. The minimum absolute atomic E-state index is 0.285. The Morgan fingerprint density at radius 2 is 1.56 bits per heavy atom. The van der Waals surface area contributed by atoms with Crippen LogP contribution in [0.1, 0.15) is 30.4 Å². The molecule has 1 N–H and O–H groups in total. The second-order valence-electron chi connectivity index (χ2n) is 7.93. The average Bonchev–Trinajstić information content (AvgIpc) is 2.81. The highest BCUT2D eigenvalue weighted by molar-refractivity contribution is 7.82. The molecule has 6 nitrogen and oxygen atoms in total. The summed E-state index contributed by atoms with van der Waals surface area (Å²) in [5, 5.41) is 3.68. The molecule has 32 heavy (non-hydrogen) atoms. The van der Waals surface area contributed by atoms with Crippen molar-refractivity contribution in [3.05, 3.63) is 90.0 Å². The van der Waals surface area contributed by atoms with E-state index in [1.807, 2.05) is 71.0 Å². The zero-order valence-electron chi connectivity index (χ0n) is 18.1. The predicted octanol–water partition coefficient (Wildman–Crippen LogP) is 4.31. The van der Waals surface area contributed by atoms with E-state index < -0.39 is 16.5 Å². The number of pyridine rings is 1. The highest BCUT2D eigenvalue weighted by Crippen LogP contribution is 2.36. The summed E-state index contributed by atoms with van der Waals surface area (Å²) in [4.78, 5) is 16.9. The summed E-state index contributed by atoms with van der Waals surface area (Å²) in [6.45, 7) is 1.04. The largest absolute Gasteiger partial charge is 0.467 e. The Labute approximate surface area is 191 Å². The molecule has 0 aliphatic heterocycles. The number of nitrogens with one attached hydrogen (secondary N) is 1. The van der Waals surface area contributed by atoms with Crippen LogP contribution in [0.25, 0.3) is 0 Å². The molecular formula is C25H27N3O3S. The van der Waals surface area contributed by atoms with Crippen LogP contribution in [0.2, 0.25) is 0 Å². The molecule has 1 aromatic heterocycles. The molecule has 0 saturated heterocycles. The van der Waals surface area contributed by atoms with Gasteiger partial charge in [0.05, 0.1) is 7.11 Å². The first kappa shape index (κ1) is 22.2. The second-order valence-corrected chi connectivity index (χ2v) is 9.36. The van der Waals surface area contributed by atoms with Gasteiger partial charge in [0.25, 0.3) is 0 Å². The van der Waals surface area contributed by atoms with Gasteiger partial charge in [-0.3, -0.25) is 0 Å². The summed E-state index contributed by atoms with van der Waals surface area (Å²) in [5.41, 5.74) is 1.41. The molecule has 3 aromatic rings. The number of carbonyl (C=O) groups excluding carboxylic acids is 1. The van der Waals surface area contributed by atoms with Gasteiger partial charge in [0.2, 0.25) is 0 Å². The minimum atomic E-state index is -1.49. The minimum Gasteiger partial charge on any atom is -0.467 e. The maximum absolute atomic E-state index is 13.6. The van der Waals surface area contributed by atoms with Crippen molar-refractivity contribution >= 4 is 22.8 Å². The first-order valence-electron chi connectivity index (χ1n) is 10.7. The molecule has 0 radical (unpaired) electrons. The van der Waals surface area contributed by atoms with Crippen LogP contribution in [0.5, 0.6) is 0 Å². The fourth-order valence-corrected chi connectivity index (χ4v) is 4.98. The number of anilines is 1. The Kier molecular flexibility index (Phi) is 6.97. The lowest BCUT2D eigenvalue weighted by Crippen LogP contribution is -2.53. The molecule has 1 unspecified atom stereocenters. The quantitative estimate of drug-likeness (QED) is 0.493. The van der Waals surface area contributed by atoms with Crippen molar-refractivity contribution in [2.45, 2.75) is 42.9 Å². The predicted molar refractivity (Wildman–Crippen MR) is 125 cm³/mol. The number of rotatable bonds is 9. The number of nitrogens with zero attached hydrogens (tertiary/aromatic N) is 2. The first-order valence-corrected chi connectivity index (χ1v) is 11.8. The highest BCUT2D eigenvalue weighted by atomic mass is 32.2. The Hall–Kier alpha value is -3.03. The van der Waals surface area contributed by atoms with Crippen molar-refractivity contribution in [1.29, 1.82) is 0 Å². The van der Waals surface area contributed by atoms with E-state index in [2.05, 4.69) is 10.3 Å². The summed E-state index contributed by atoms with van der Waals surface area (Å²) in [7, 11) is -0.0944. The lowest BCUT2D eigenvalue weighted by molar-refractivity contribution is -0.149. The van der Waals surface area contributed by atoms with Crippen LogP contribution in [-0.4, -0.2) is 32.1 Å². The smallest absolute Gasteiger partial charge is 0.331 e. The summed E-state index contributed by atoms with van der Waals surface area (Å²) < 4.78 is 20.5. The van der Waals surface area contributed by atoms with Crippen molar-refractivity contribution in [2.24, 2.45) is 0 Å². The molecule has 1 heterocycles. The molecule has 166 valence electrons. The second kappa shape index (κ2) is 10.1. The van der Waals surface area contributed by atoms with Crippen molar-refractivity contribution < 1.29 is 13.7 Å². The average molecular weight is 450 g/mol. The number of hydrogen-bond donors (Lipinski definition) is 1. The number of esters is 1. The summed E-state index contributed by atoms with van der Waals surface area (Å²) in [6, 6.07) is 25.3. The van der Waals surface area contributed by atoms with Gasteiger partial charge in [0.15, 0.2) is 0 Å². The number of carbonyl (C=O) groups is 1. The van der Waals surface area contributed by atoms with Gasteiger partial charge in [-0.1, -0.05) is 66.7 Å². The summed E-state index contributed by atoms with van der Waals surface area (Å²) >= 11 is 0. The molecule has 1 aliphatic carbocycles. The van der Waals surface area contributed by atoms with Crippen LogP contribution < -0.4 is 5.32 Å². The van der Waals surface area contributed by atoms with Crippen LogP contribution in [0.4, 0.5) is 5.82 Å². The van der Waals surface area contributed by atoms with E-state index >= 15 is 0 Å². The van der Waals surface area contributed by atoms with Crippen LogP contribution in [0.15, 0.2) is 83.9 Å². The van der Waals surface area contributed by atoms with Gasteiger partial charge in [-0.15, -0.1) is 0 Å². The SMILES string of the molecule is COC(=O)C1(Nc2cccc(S(=O)N(Cc3ccccc3)Cc3ccccc3)n2)CCC1. The fourth-order valence-electron chi connectivity index (χ4n) is 3.81. The maximum atomic E-state index is 13.6. The van der Waals surface area contributed by atoms with E-state index in [0.717, 1.165) is 17.5 Å². The molecule has 1 saturated carbocycles. The van der Waals surface area contributed by atoms with Crippen LogP contribution >= 0.6 is 0 Å². The monoisotopic (exact) mass is 449 g/mol. The molecule has 1 aliphatic rings. The molecule has 2 aromatic carbocycles. The fraction of sp³-hybridized carbons (Fsp3) is 0.280. The Morgan fingerprint density at radius 1 is 0.969 bits per heavy atom. The topological polar surface area (TPSA) is 71.5 Å². The van der Waals surface area contributed by atoms with Crippen molar-refractivity contribution in [1.82, 2.24) is 9.29 Å². The van der Waals surface area contributed by atoms with Crippen molar-refractivity contribution in [3.63, 3.8) is 0 Å². The molecule has 0 bridgehead atoms. The van der Waals surface area contributed by atoms with E-state index in [9.17, 15) is 9.00 Å². The molecule has 1 fully saturated rings. The number of ether oxygens (including phenoxy) is 1. The normalized spacial score (nSPS) is 15.6. The molecule has 0 amide bonds. The number of benzene rings is 2. The number of aromatic nitrogens is 1. The maximum Gasteiger partial charge on any atom is 0.331 e. The Balaban J connectivity index is 1.57. The summed E-state index contributed by atoms with van der Waals surface area (Å²) in [6.07, 6.45) is 2.35. The molecule has 4 rings (SSSR count). The Bertz CT molecular complexity index is 1030. The van der Waals surface area contributed by atoms with E-state index in [0.29, 0.717) is 36.8 Å². The zero-order valence-corrected chi connectivity index (χ0v) is 18.9. The van der Waals surface area contributed by atoms with Gasteiger partial charge < -0.3 is 10.1 Å². The third-order valence-electron chi connectivity index (χ3n) is 5.69. The Morgan fingerprint density at radius 3 is 2.06 bits per heavy atom. The van der Waals surface area contributed by atoms with Gasteiger partial charge >= 0.3 is 5.97 Å². The number of methoxy groups -OCH3 is 1. The van der Waals surface area contributed by atoms with Gasteiger partial charge in [-0.25, -0.2) is 18.3 Å². The lowest BCUT2D eigenvalue weighted by atomic mass is 9.76. The summed E-state index contributed by atoms with van der Waals surface area (Å²) in [5.74, 6) is 0.243. The van der Waals surface area contributed by atoms with Gasteiger partial charge in [-0.2, -0.15) is 0 Å². The van der Waals surface area contributed by atoms with E-state index in [4.69, 9.17) is 4.74 Å². The first-order chi connectivity index (χ1) is 15.6. The molecular weight excluding hydrogens is 422 g/mol. The van der Waals surface area contributed by atoms with Gasteiger partial charge in [0, 0.05) is 13.1 Å². The van der Waals surface area contributed by atoms with E-state index in [-0.39, 0.29) is 5.97 Å². The van der Waals surface area contributed by atoms with Crippen molar-refractivity contribution in [3.8, 4) is 0 Å². The highest BCUT2D eigenvalue weighted by Gasteiger charge is 2.45. The van der Waals surface area contributed by atoms with Gasteiger partial charge in [-0.05, 0) is 42.5 Å². The standard InChI is InChI=1S/C25H27N3O3S/c1-31-24(29)25(16-9-17-25)27-22-14-8-15-23(26-22)32(30)28(18-20-10-4-2-5-11-20)19-21-12-6-3-7-13-21/h2-8,10-15H,9,16-19H2,1H3,(H,26,27). The third kappa shape index (κ3) is 5.06. The van der Waals surface area contributed by atoms with Crippen LogP contribution in [-0.2, 0) is 33.6 Å². The molecule has 1 atom stereocenters. The zero-order chi connectivity index (χ0) is 22.4. The number of hydrogen-bond acceptors (Lipinski definition) is 5. The third-order valence-corrected chi connectivity index (χ3v) is 7.00. The van der Waals surface area contributed by atoms with Gasteiger partial charge in [0.1, 0.15) is 27.4 Å².